The van der Waals surface area contributed by atoms with Crippen LogP contribution in [0.4, 0.5) is 8.78 Å². The first-order valence-electron chi connectivity index (χ1n) is 8.01. The topological polar surface area (TPSA) is 79.4 Å². The first-order chi connectivity index (χ1) is 11.8. The number of rotatable bonds is 5. The number of aromatic amines is 2. The molecule has 0 spiro atoms. The second-order valence-electron chi connectivity index (χ2n) is 6.41. The predicted octanol–water partition coefficient (Wildman–Crippen LogP) is 2.66. The van der Waals surface area contributed by atoms with Gasteiger partial charge in [0.15, 0.2) is 5.82 Å². The molecule has 2 heterocycles. The van der Waals surface area contributed by atoms with Crippen molar-refractivity contribution in [1.29, 1.82) is 0 Å². The quantitative estimate of drug-likeness (QED) is 0.745. The van der Waals surface area contributed by atoms with Crippen molar-refractivity contribution >= 4 is 0 Å². The Morgan fingerprint density at radius 2 is 2.00 bits per heavy atom. The van der Waals surface area contributed by atoms with E-state index in [-0.39, 0.29) is 17.7 Å². The first kappa shape index (κ1) is 17.1. The van der Waals surface area contributed by atoms with Gasteiger partial charge in [-0.05, 0) is 25.0 Å². The maximum absolute atomic E-state index is 14.2. The molecule has 2 aromatic heterocycles. The number of nitrogens with one attached hydrogen (secondary N) is 2. The third kappa shape index (κ3) is 3.52. The van der Waals surface area contributed by atoms with E-state index in [4.69, 9.17) is 0 Å². The van der Waals surface area contributed by atoms with Crippen LogP contribution >= 0.6 is 0 Å². The van der Waals surface area contributed by atoms with Crippen LogP contribution in [0, 0.1) is 24.5 Å². The number of aryl methyl sites for hydroxylation is 1. The van der Waals surface area contributed by atoms with Crippen LogP contribution in [0.1, 0.15) is 36.8 Å². The van der Waals surface area contributed by atoms with Crippen LogP contribution in [0.5, 0.6) is 0 Å². The highest BCUT2D eigenvalue weighted by Gasteiger charge is 2.19. The van der Waals surface area contributed by atoms with E-state index in [0.29, 0.717) is 35.2 Å². The highest BCUT2D eigenvalue weighted by molar-refractivity contribution is 5.35. The van der Waals surface area contributed by atoms with Gasteiger partial charge in [-0.15, -0.1) is 0 Å². The Bertz CT molecular complexity index is 954. The molecule has 0 amide bonds. The molecule has 0 fully saturated rings. The van der Waals surface area contributed by atoms with Crippen LogP contribution < -0.4 is 5.56 Å². The zero-order chi connectivity index (χ0) is 18.1. The maximum atomic E-state index is 14.2. The van der Waals surface area contributed by atoms with Gasteiger partial charge in [0.2, 0.25) is 0 Å². The van der Waals surface area contributed by atoms with Crippen molar-refractivity contribution in [3.63, 3.8) is 0 Å². The van der Waals surface area contributed by atoms with Crippen molar-refractivity contribution in [1.82, 2.24) is 25.0 Å². The molecule has 0 unspecified atom stereocenters. The third-order valence-electron chi connectivity index (χ3n) is 3.87. The second-order valence-corrected chi connectivity index (χ2v) is 6.41. The number of halogens is 2. The Morgan fingerprint density at radius 3 is 2.64 bits per heavy atom. The molecule has 3 aromatic rings. The van der Waals surface area contributed by atoms with Gasteiger partial charge in [0.1, 0.15) is 23.1 Å². The van der Waals surface area contributed by atoms with Gasteiger partial charge >= 0.3 is 0 Å². The largest absolute Gasteiger partial charge is 0.302 e. The van der Waals surface area contributed by atoms with Crippen LogP contribution in [0.15, 0.2) is 23.0 Å². The minimum absolute atomic E-state index is 0.0258. The van der Waals surface area contributed by atoms with Gasteiger partial charge in [0.05, 0.1) is 0 Å². The Balaban J connectivity index is 2.11. The van der Waals surface area contributed by atoms with E-state index in [1.54, 1.807) is 6.92 Å². The molecule has 0 saturated heterocycles. The van der Waals surface area contributed by atoms with Crippen LogP contribution in [-0.4, -0.2) is 25.0 Å². The van der Waals surface area contributed by atoms with Crippen LogP contribution in [0.25, 0.3) is 5.69 Å². The Morgan fingerprint density at radius 1 is 1.24 bits per heavy atom. The fraction of sp³-hybridized carbons (Fsp3) is 0.353. The number of nitrogens with zero attached hydrogens (tertiary/aromatic N) is 3. The zero-order valence-corrected chi connectivity index (χ0v) is 14.2. The van der Waals surface area contributed by atoms with E-state index in [2.05, 4.69) is 20.3 Å². The summed E-state index contributed by atoms with van der Waals surface area (Å²) < 4.78 is 29.1. The van der Waals surface area contributed by atoms with E-state index in [9.17, 15) is 13.6 Å². The molecule has 3 rings (SSSR count). The number of aromatic nitrogens is 5. The fourth-order valence-corrected chi connectivity index (χ4v) is 2.64. The average molecular weight is 347 g/mol. The van der Waals surface area contributed by atoms with E-state index in [1.165, 1.54) is 4.68 Å². The van der Waals surface area contributed by atoms with E-state index in [1.807, 2.05) is 13.8 Å². The molecule has 1 aromatic carbocycles. The molecule has 8 heteroatoms. The summed E-state index contributed by atoms with van der Waals surface area (Å²) in [6, 6.07) is 3.17. The van der Waals surface area contributed by atoms with Crippen molar-refractivity contribution in [2.45, 2.75) is 33.6 Å². The lowest BCUT2D eigenvalue weighted by Gasteiger charge is -2.07. The Labute approximate surface area is 142 Å². The Kier molecular flexibility index (Phi) is 4.52. The number of hydrogen-bond donors (Lipinski definition) is 2. The van der Waals surface area contributed by atoms with Crippen molar-refractivity contribution in [3.05, 3.63) is 63.1 Å². The third-order valence-corrected chi connectivity index (χ3v) is 3.87. The summed E-state index contributed by atoms with van der Waals surface area (Å²) in [5.41, 5.74) is 0.866. The lowest BCUT2D eigenvalue weighted by atomic mass is 10.1. The van der Waals surface area contributed by atoms with Gasteiger partial charge in [-0.2, -0.15) is 5.10 Å². The molecule has 0 aliphatic heterocycles. The normalized spacial score (nSPS) is 11.4. The highest BCUT2D eigenvalue weighted by Crippen LogP contribution is 2.19. The van der Waals surface area contributed by atoms with E-state index < -0.39 is 11.6 Å². The molecule has 132 valence electrons. The van der Waals surface area contributed by atoms with Crippen molar-refractivity contribution in [2.24, 2.45) is 5.92 Å². The maximum Gasteiger partial charge on any atom is 0.267 e. The monoisotopic (exact) mass is 347 g/mol. The average Bonchev–Trinajstić information content (AvgIpc) is 3.07. The summed E-state index contributed by atoms with van der Waals surface area (Å²) in [6.45, 7) is 5.79. The first-order valence-corrected chi connectivity index (χ1v) is 8.01. The van der Waals surface area contributed by atoms with Gasteiger partial charge in [-0.3, -0.25) is 9.89 Å². The summed E-state index contributed by atoms with van der Waals surface area (Å²) >= 11 is 0. The van der Waals surface area contributed by atoms with E-state index >= 15 is 0 Å². The van der Waals surface area contributed by atoms with Crippen LogP contribution in [-0.2, 0) is 12.8 Å². The molecule has 0 bridgehead atoms. The SMILES string of the molecule is Cc1[nH][nH]c(=O)c1Cc1nc(CC(C)C)nn1-c1cc(F)ccc1F. The number of H-pyrrole nitrogens is 2. The minimum Gasteiger partial charge on any atom is -0.302 e. The zero-order valence-electron chi connectivity index (χ0n) is 14.2. The predicted molar refractivity (Wildman–Crippen MR) is 88.8 cm³/mol. The fourth-order valence-electron chi connectivity index (χ4n) is 2.64. The van der Waals surface area contributed by atoms with Gasteiger partial charge in [0.25, 0.3) is 5.56 Å². The molecule has 25 heavy (non-hydrogen) atoms. The molecule has 2 N–H and O–H groups in total. The second kappa shape index (κ2) is 6.62. The lowest BCUT2D eigenvalue weighted by molar-refractivity contribution is 0.580. The van der Waals surface area contributed by atoms with Crippen molar-refractivity contribution in [2.75, 3.05) is 0 Å². The molecule has 0 aliphatic rings. The lowest BCUT2D eigenvalue weighted by Crippen LogP contribution is -2.12. The number of hydrogen-bond acceptors (Lipinski definition) is 3. The van der Waals surface area contributed by atoms with Crippen LogP contribution in [0.2, 0.25) is 0 Å². The molecular weight excluding hydrogens is 328 g/mol. The van der Waals surface area contributed by atoms with Crippen molar-refractivity contribution < 1.29 is 8.78 Å². The summed E-state index contributed by atoms with van der Waals surface area (Å²) in [6.07, 6.45) is 0.755. The van der Waals surface area contributed by atoms with E-state index in [0.717, 1.165) is 18.2 Å². The summed E-state index contributed by atoms with van der Waals surface area (Å²) in [5, 5.41) is 9.59. The standard InChI is InChI=1S/C17H19F2N5O/c1-9(2)6-15-20-16(8-12-10(3)21-22-17(12)25)24(23-15)14-7-11(18)4-5-13(14)19/h4-5,7,9H,6,8H2,1-3H3,(H2,21,22,25). The van der Waals surface area contributed by atoms with Crippen LogP contribution in [0.3, 0.4) is 0 Å². The molecular formula is C17H19F2N5O. The van der Waals surface area contributed by atoms with Gasteiger partial charge in [0, 0.05) is 30.2 Å². The summed E-state index contributed by atoms with van der Waals surface area (Å²) in [7, 11) is 0. The molecule has 0 saturated carbocycles. The summed E-state index contributed by atoms with van der Waals surface area (Å²) in [4.78, 5) is 16.4. The molecule has 0 aliphatic carbocycles. The van der Waals surface area contributed by atoms with Crippen molar-refractivity contribution in [3.8, 4) is 5.69 Å². The molecule has 6 nitrogen and oxygen atoms in total. The smallest absolute Gasteiger partial charge is 0.267 e. The molecule has 0 atom stereocenters. The Hall–Kier alpha value is -2.77. The number of benzene rings is 1. The van der Waals surface area contributed by atoms with Gasteiger partial charge in [-0.1, -0.05) is 13.8 Å². The van der Waals surface area contributed by atoms with Gasteiger partial charge in [-0.25, -0.2) is 18.4 Å². The summed E-state index contributed by atoms with van der Waals surface area (Å²) in [5.74, 6) is 0.0346. The molecule has 0 radical (unpaired) electrons. The minimum atomic E-state index is -0.608. The highest BCUT2D eigenvalue weighted by atomic mass is 19.1. The van der Waals surface area contributed by atoms with Gasteiger partial charge < -0.3 is 5.10 Å².